The molecule has 4 atom stereocenters. The second-order valence-electron chi connectivity index (χ2n) is 12.5. The maximum absolute atomic E-state index is 12.9. The Kier molecular flexibility index (Phi) is 23.5. The van der Waals surface area contributed by atoms with Gasteiger partial charge in [-0.3, -0.25) is 19.2 Å². The van der Waals surface area contributed by atoms with Gasteiger partial charge in [0.1, 0.15) is 12.7 Å². The third kappa shape index (κ3) is 19.8. The summed E-state index contributed by atoms with van der Waals surface area (Å²) in [6.07, 6.45) is 11.5. The summed E-state index contributed by atoms with van der Waals surface area (Å²) < 4.78 is 28.9. The van der Waals surface area contributed by atoms with Crippen LogP contribution in [0.3, 0.4) is 0 Å². The van der Waals surface area contributed by atoms with Crippen molar-refractivity contribution in [2.24, 2.45) is 0 Å². The Labute approximate surface area is 272 Å². The second kappa shape index (κ2) is 25.9. The van der Waals surface area contributed by atoms with Crippen LogP contribution >= 0.6 is 0 Å². The zero-order valence-electron chi connectivity index (χ0n) is 29.0. The van der Waals surface area contributed by atoms with Crippen LogP contribution in [0.25, 0.3) is 0 Å². The molecule has 0 unspecified atom stereocenters. The molecule has 1 heterocycles. The van der Waals surface area contributed by atoms with Crippen LogP contribution in [0, 0.1) is 0 Å². The first kappa shape index (κ1) is 40.8. The Bertz CT molecular complexity index is 819. The van der Waals surface area contributed by atoms with E-state index >= 15 is 0 Å². The Hall–Kier alpha value is -2.20. The number of unbranched alkanes of at least 4 members (excludes halogenated alkanes) is 12. The van der Waals surface area contributed by atoms with Crippen molar-refractivity contribution in [3.8, 4) is 0 Å². The molecule has 1 fully saturated rings. The lowest BCUT2D eigenvalue weighted by Crippen LogP contribution is -2.42. The number of esters is 4. The molecular formula is C35H63NO9. The predicted octanol–water partition coefficient (Wildman–Crippen LogP) is 7.04. The van der Waals surface area contributed by atoms with Gasteiger partial charge in [0.2, 0.25) is 12.4 Å². The van der Waals surface area contributed by atoms with Gasteiger partial charge < -0.3 is 28.6 Å². The summed E-state index contributed by atoms with van der Waals surface area (Å²) in [6, 6.07) is 0. The zero-order valence-corrected chi connectivity index (χ0v) is 29.0. The summed E-state index contributed by atoms with van der Waals surface area (Å²) in [4.78, 5) is 53.1. The lowest BCUT2D eigenvalue weighted by molar-refractivity contribution is -0.200. The average molecular weight is 642 g/mol. The quantitative estimate of drug-likeness (QED) is 0.0525. The van der Waals surface area contributed by atoms with Gasteiger partial charge in [-0.2, -0.15) is 0 Å². The Morgan fingerprint density at radius 1 is 0.533 bits per heavy atom. The minimum Gasteiger partial charge on any atom is -0.463 e. The highest BCUT2D eigenvalue weighted by molar-refractivity contribution is 5.72. The van der Waals surface area contributed by atoms with Crippen molar-refractivity contribution in [1.29, 1.82) is 0 Å². The van der Waals surface area contributed by atoms with E-state index < -0.39 is 48.5 Å². The van der Waals surface area contributed by atoms with Gasteiger partial charge in [0.15, 0.2) is 6.10 Å². The van der Waals surface area contributed by atoms with Crippen molar-refractivity contribution in [2.45, 2.75) is 174 Å². The molecule has 0 aromatic rings. The Morgan fingerprint density at radius 3 is 1.42 bits per heavy atom. The number of nitrogens with zero attached hydrogens (tertiary/aromatic N) is 1. The number of ether oxygens (including phenoxy) is 5. The van der Waals surface area contributed by atoms with Crippen LogP contribution < -0.4 is 0 Å². The van der Waals surface area contributed by atoms with Crippen molar-refractivity contribution < 1.29 is 42.9 Å². The first-order valence-electron chi connectivity index (χ1n) is 17.8. The highest BCUT2D eigenvalue weighted by atomic mass is 16.8. The number of hydrogen-bond acceptors (Lipinski definition) is 10. The fourth-order valence-corrected chi connectivity index (χ4v) is 5.20. The normalized spacial score (nSPS) is 19.4. The molecule has 1 aliphatic rings. The molecule has 45 heavy (non-hydrogen) atoms. The first-order chi connectivity index (χ1) is 21.7. The van der Waals surface area contributed by atoms with E-state index in [1.54, 1.807) is 0 Å². The summed E-state index contributed by atoms with van der Waals surface area (Å²) in [7, 11) is 3.86. The molecule has 10 heteroatoms. The summed E-state index contributed by atoms with van der Waals surface area (Å²) in [5.41, 5.74) is 0. The molecule has 0 aliphatic carbocycles. The molecule has 1 saturated heterocycles. The molecule has 10 nitrogen and oxygen atoms in total. The van der Waals surface area contributed by atoms with Gasteiger partial charge in [0.25, 0.3) is 0 Å². The van der Waals surface area contributed by atoms with Crippen LogP contribution in [-0.4, -0.2) is 80.6 Å². The lowest BCUT2D eigenvalue weighted by Gasteiger charge is -2.24. The van der Waals surface area contributed by atoms with Crippen LogP contribution in [-0.2, 0) is 42.9 Å². The molecule has 0 spiro atoms. The predicted molar refractivity (Wildman–Crippen MR) is 173 cm³/mol. The van der Waals surface area contributed by atoms with Gasteiger partial charge in [0.05, 0.1) is 0 Å². The van der Waals surface area contributed by atoms with Gasteiger partial charge in [0, 0.05) is 25.7 Å². The summed E-state index contributed by atoms with van der Waals surface area (Å²) in [5, 5.41) is 0. The Morgan fingerprint density at radius 2 is 0.956 bits per heavy atom. The molecule has 0 aromatic heterocycles. The molecule has 0 radical (unpaired) electrons. The lowest BCUT2D eigenvalue weighted by atomic mass is 10.1. The third-order valence-electron chi connectivity index (χ3n) is 7.90. The summed E-state index contributed by atoms with van der Waals surface area (Å²) >= 11 is 0. The SMILES string of the molecule is CCCCCCCC(=O)O[C@@H]1O[C@H](COC(=O)CCCN(C)C)[C@H](OC(=O)CCCCCCC)[C@@H]1OC(=O)CCCCCCC. The van der Waals surface area contributed by atoms with E-state index in [0.29, 0.717) is 25.7 Å². The van der Waals surface area contributed by atoms with E-state index in [0.717, 1.165) is 83.6 Å². The zero-order chi connectivity index (χ0) is 33.3. The van der Waals surface area contributed by atoms with E-state index in [1.807, 2.05) is 19.0 Å². The number of carbonyl (C=O) groups excluding carboxylic acids is 4. The van der Waals surface area contributed by atoms with E-state index in [1.165, 1.54) is 0 Å². The summed E-state index contributed by atoms with van der Waals surface area (Å²) in [6.45, 7) is 6.91. The van der Waals surface area contributed by atoms with Crippen molar-refractivity contribution in [2.75, 3.05) is 27.2 Å². The molecule has 1 aliphatic heterocycles. The van der Waals surface area contributed by atoms with Gasteiger partial charge in [-0.25, -0.2) is 0 Å². The highest BCUT2D eigenvalue weighted by Crippen LogP contribution is 2.30. The van der Waals surface area contributed by atoms with E-state index in [9.17, 15) is 19.2 Å². The van der Waals surface area contributed by atoms with Crippen molar-refractivity contribution in [3.05, 3.63) is 0 Å². The first-order valence-corrected chi connectivity index (χ1v) is 17.8. The van der Waals surface area contributed by atoms with Gasteiger partial charge in [-0.15, -0.1) is 0 Å². The topological polar surface area (TPSA) is 118 Å². The maximum atomic E-state index is 12.9. The number of carbonyl (C=O) groups is 4. The van der Waals surface area contributed by atoms with Gasteiger partial charge >= 0.3 is 23.9 Å². The van der Waals surface area contributed by atoms with Gasteiger partial charge in [-0.1, -0.05) is 97.8 Å². The fourth-order valence-electron chi connectivity index (χ4n) is 5.20. The molecular weight excluding hydrogens is 578 g/mol. The number of rotatable bonds is 27. The van der Waals surface area contributed by atoms with Crippen molar-refractivity contribution >= 4 is 23.9 Å². The van der Waals surface area contributed by atoms with E-state index in [4.69, 9.17) is 23.7 Å². The van der Waals surface area contributed by atoms with E-state index in [-0.39, 0.29) is 32.3 Å². The molecule has 0 saturated carbocycles. The van der Waals surface area contributed by atoms with Crippen LogP contribution in [0.2, 0.25) is 0 Å². The number of hydrogen-bond donors (Lipinski definition) is 0. The average Bonchev–Trinajstić information content (AvgIpc) is 3.30. The standard InChI is InChI=1S/C35H63NO9/c1-6-9-12-15-18-22-30(38)43-33-28(27-41-29(37)25-21-26-36(4)5)42-35(45-32(40)24-20-17-14-11-8-3)34(33)44-31(39)23-19-16-13-10-7-2/h28,33-35H,6-27H2,1-5H3/t28-,33+,34+,35+/m1/s1. The smallest absolute Gasteiger partial charge is 0.308 e. The van der Waals surface area contributed by atoms with Crippen molar-refractivity contribution in [3.63, 3.8) is 0 Å². The van der Waals surface area contributed by atoms with E-state index in [2.05, 4.69) is 20.8 Å². The van der Waals surface area contributed by atoms with Gasteiger partial charge in [-0.05, 0) is 46.3 Å². The monoisotopic (exact) mass is 641 g/mol. The molecule has 0 amide bonds. The molecule has 1 rings (SSSR count). The second-order valence-corrected chi connectivity index (χ2v) is 12.5. The minimum atomic E-state index is -1.27. The fraction of sp³-hybridized carbons (Fsp3) is 0.886. The van der Waals surface area contributed by atoms with Crippen LogP contribution in [0.5, 0.6) is 0 Å². The molecule has 0 bridgehead atoms. The summed E-state index contributed by atoms with van der Waals surface area (Å²) in [5.74, 6) is -1.80. The molecule has 0 aromatic carbocycles. The minimum absolute atomic E-state index is 0.196. The van der Waals surface area contributed by atoms with Crippen molar-refractivity contribution in [1.82, 2.24) is 4.90 Å². The Balaban J connectivity index is 3.01. The van der Waals surface area contributed by atoms with Crippen LogP contribution in [0.1, 0.15) is 149 Å². The molecule has 262 valence electrons. The highest BCUT2D eigenvalue weighted by Gasteiger charge is 2.52. The molecule has 0 N–H and O–H groups in total. The van der Waals surface area contributed by atoms with Crippen LogP contribution in [0.15, 0.2) is 0 Å². The maximum Gasteiger partial charge on any atom is 0.308 e. The largest absolute Gasteiger partial charge is 0.463 e. The van der Waals surface area contributed by atoms with Crippen LogP contribution in [0.4, 0.5) is 0 Å². The third-order valence-corrected chi connectivity index (χ3v) is 7.90.